The average Bonchev–Trinajstić information content (AvgIpc) is 3.75. The van der Waals surface area contributed by atoms with Gasteiger partial charge in [-0.15, -0.1) is 0 Å². The van der Waals surface area contributed by atoms with Gasteiger partial charge in [-0.3, -0.25) is 0 Å². The van der Waals surface area contributed by atoms with E-state index in [1.54, 1.807) is 0 Å². The molecule has 252 valence electrons. The largest absolute Gasteiger partial charge is 0.0629 e. The van der Waals surface area contributed by atoms with Crippen molar-refractivity contribution >= 4 is 0 Å². The van der Waals surface area contributed by atoms with Crippen molar-refractivity contribution in [2.24, 2.45) is 0 Å². The van der Waals surface area contributed by atoms with Crippen LogP contribution < -0.4 is 0 Å². The van der Waals surface area contributed by atoms with Crippen LogP contribution in [-0.4, -0.2) is 0 Å². The smallest absolute Gasteiger partial charge is 0.0622 e. The molecule has 0 saturated heterocycles. The highest BCUT2D eigenvalue weighted by Crippen LogP contribution is 2.52. The monoisotopic (exact) mass is 681 g/mol. The standard InChI is InChI=1S/C53H40/c1-53(2)50-33-42(45-18-11-19-46-44-17-10-9-16-41(44)32-49(45)46)28-30-47(50)48-31-29-43(34-51(48)53)52(39-24-20-37(21-25-39)35-12-5-3-6-13-35)40-26-22-38(23-27-40)36-14-7-4-8-15-36/h3-31,33-34,52H,32H2,1-2H3/i3D,5D,6D,12D,13D. The molecule has 0 radical (unpaired) electrons. The van der Waals surface area contributed by atoms with E-state index in [9.17, 15) is 0 Å². The van der Waals surface area contributed by atoms with Gasteiger partial charge in [-0.05, 0) is 107 Å². The third-order valence-electron chi connectivity index (χ3n) is 11.6. The van der Waals surface area contributed by atoms with Crippen molar-refractivity contribution in [3.05, 3.63) is 227 Å². The SMILES string of the molecule is [2H]c1c([2H])c([2H])c(-c2ccc(C(c3ccc(-c4ccccc4)cc3)c3ccc4c(c3)C(C)(C)c3cc(-c5cccc6c5Cc5ccccc5-6)ccc3-4)cc2)c([2H])c1[2H]. The van der Waals surface area contributed by atoms with Gasteiger partial charge in [-0.2, -0.15) is 0 Å². The Labute approximate surface area is 320 Å². The fourth-order valence-corrected chi connectivity index (χ4v) is 8.84. The normalized spacial score (nSPS) is 15.2. The molecule has 0 aromatic heterocycles. The van der Waals surface area contributed by atoms with Gasteiger partial charge < -0.3 is 0 Å². The Balaban J connectivity index is 1.06. The zero-order valence-electron chi connectivity index (χ0n) is 34.8. The molecule has 0 bridgehead atoms. The van der Waals surface area contributed by atoms with Crippen LogP contribution in [0.1, 0.15) is 65.6 Å². The van der Waals surface area contributed by atoms with Crippen molar-refractivity contribution in [2.75, 3.05) is 0 Å². The summed E-state index contributed by atoms with van der Waals surface area (Å²) in [6.07, 6.45) is 0.947. The molecule has 0 aliphatic heterocycles. The van der Waals surface area contributed by atoms with Crippen LogP contribution in [0.25, 0.3) is 55.6 Å². The molecule has 1 unspecified atom stereocenters. The van der Waals surface area contributed by atoms with Gasteiger partial charge in [0.15, 0.2) is 0 Å². The molecule has 8 aromatic rings. The van der Waals surface area contributed by atoms with E-state index in [0.29, 0.717) is 5.56 Å². The average molecular weight is 682 g/mol. The molecule has 0 N–H and O–H groups in total. The molecule has 1 atom stereocenters. The summed E-state index contributed by atoms with van der Waals surface area (Å²) in [7, 11) is 0. The van der Waals surface area contributed by atoms with Crippen LogP contribution in [0.4, 0.5) is 0 Å². The molecule has 0 nitrogen and oxygen atoms in total. The third-order valence-corrected chi connectivity index (χ3v) is 11.6. The van der Waals surface area contributed by atoms with Crippen LogP contribution in [0.5, 0.6) is 0 Å². The number of hydrogen-bond donors (Lipinski definition) is 0. The first kappa shape index (κ1) is 26.5. The highest BCUT2D eigenvalue weighted by molar-refractivity contribution is 5.88. The predicted octanol–water partition coefficient (Wildman–Crippen LogP) is 13.7. The Morgan fingerprint density at radius 1 is 0.434 bits per heavy atom. The van der Waals surface area contributed by atoms with Crippen molar-refractivity contribution in [2.45, 2.75) is 31.6 Å². The van der Waals surface area contributed by atoms with Crippen molar-refractivity contribution in [3.8, 4) is 55.6 Å². The molecule has 2 aliphatic carbocycles. The van der Waals surface area contributed by atoms with E-state index in [1.807, 2.05) is 30.3 Å². The second-order valence-electron chi connectivity index (χ2n) is 14.9. The Morgan fingerprint density at radius 3 is 1.72 bits per heavy atom. The lowest BCUT2D eigenvalue weighted by atomic mass is 9.78. The minimum absolute atomic E-state index is 0.118. The van der Waals surface area contributed by atoms with Crippen LogP contribution in [0.2, 0.25) is 0 Å². The molecule has 2 aliphatic rings. The van der Waals surface area contributed by atoms with Crippen LogP contribution in [0.15, 0.2) is 188 Å². The molecule has 8 aromatic carbocycles. The summed E-state index contributed by atoms with van der Waals surface area (Å²) in [4.78, 5) is 0. The maximum Gasteiger partial charge on any atom is 0.0629 e. The van der Waals surface area contributed by atoms with Gasteiger partial charge in [0.25, 0.3) is 0 Å². The molecule has 0 saturated carbocycles. The molecule has 0 amide bonds. The summed E-state index contributed by atoms with van der Waals surface area (Å²) in [6.45, 7) is 4.68. The second kappa shape index (κ2) is 12.5. The van der Waals surface area contributed by atoms with E-state index in [0.717, 1.165) is 28.7 Å². The first-order valence-electron chi connectivity index (χ1n) is 20.9. The highest BCUT2D eigenvalue weighted by Gasteiger charge is 2.37. The summed E-state index contributed by atoms with van der Waals surface area (Å²) in [6, 6.07) is 55.1. The summed E-state index contributed by atoms with van der Waals surface area (Å²) in [5.41, 5.74) is 19.4. The van der Waals surface area contributed by atoms with Gasteiger partial charge in [-0.1, -0.05) is 196 Å². The molecule has 10 rings (SSSR count). The van der Waals surface area contributed by atoms with Gasteiger partial charge in [0.05, 0.1) is 6.85 Å². The maximum atomic E-state index is 8.58. The molecule has 0 spiro atoms. The van der Waals surface area contributed by atoms with Gasteiger partial charge in [-0.25, -0.2) is 0 Å². The minimum Gasteiger partial charge on any atom is -0.0622 e. The Morgan fingerprint density at radius 2 is 0.981 bits per heavy atom. The number of rotatable bonds is 6. The van der Waals surface area contributed by atoms with Crippen molar-refractivity contribution in [1.29, 1.82) is 0 Å². The lowest BCUT2D eigenvalue weighted by molar-refractivity contribution is 0.659. The number of hydrogen-bond acceptors (Lipinski definition) is 0. The van der Waals surface area contributed by atoms with Gasteiger partial charge in [0.2, 0.25) is 0 Å². The van der Waals surface area contributed by atoms with E-state index in [2.05, 4.69) is 141 Å². The first-order valence-corrected chi connectivity index (χ1v) is 18.4. The number of fused-ring (bicyclic) bond motifs is 6. The van der Waals surface area contributed by atoms with Crippen LogP contribution >= 0.6 is 0 Å². The molecule has 0 heterocycles. The third kappa shape index (κ3) is 5.29. The minimum atomic E-state index is -0.387. The first-order chi connectivity index (χ1) is 28.1. The lowest BCUT2D eigenvalue weighted by Gasteiger charge is -2.25. The Kier molecular flexibility index (Phi) is 6.24. The summed E-state index contributed by atoms with van der Waals surface area (Å²) < 4.78 is 41.7. The van der Waals surface area contributed by atoms with Gasteiger partial charge in [0, 0.05) is 11.3 Å². The van der Waals surface area contributed by atoms with Crippen molar-refractivity contribution < 1.29 is 6.85 Å². The van der Waals surface area contributed by atoms with Crippen LogP contribution in [-0.2, 0) is 11.8 Å². The Bertz CT molecular complexity index is 2900. The fraction of sp³-hybridized carbons (Fsp3) is 0.0943. The van der Waals surface area contributed by atoms with E-state index < -0.39 is 0 Å². The van der Waals surface area contributed by atoms with E-state index in [4.69, 9.17) is 6.85 Å². The molecule has 0 heteroatoms. The zero-order valence-corrected chi connectivity index (χ0v) is 29.8. The summed E-state index contributed by atoms with van der Waals surface area (Å²) >= 11 is 0. The predicted molar refractivity (Wildman–Crippen MR) is 222 cm³/mol. The van der Waals surface area contributed by atoms with Crippen LogP contribution in [0, 0.1) is 0 Å². The van der Waals surface area contributed by atoms with E-state index >= 15 is 0 Å². The summed E-state index contributed by atoms with van der Waals surface area (Å²) in [5, 5.41) is 0. The topological polar surface area (TPSA) is 0 Å². The molecular weight excluding hydrogens is 637 g/mol. The van der Waals surface area contributed by atoms with E-state index in [-0.39, 0.29) is 47.1 Å². The quantitative estimate of drug-likeness (QED) is 0.153. The lowest BCUT2D eigenvalue weighted by Crippen LogP contribution is -2.16. The molecule has 0 fully saturated rings. The van der Waals surface area contributed by atoms with Gasteiger partial charge >= 0.3 is 0 Å². The molecule has 53 heavy (non-hydrogen) atoms. The second-order valence-corrected chi connectivity index (χ2v) is 14.9. The fourth-order valence-electron chi connectivity index (χ4n) is 8.84. The summed E-state index contributed by atoms with van der Waals surface area (Å²) in [5.74, 6) is -0.118. The van der Waals surface area contributed by atoms with E-state index in [1.165, 1.54) is 61.2 Å². The molecular formula is C53H40. The zero-order chi connectivity index (χ0) is 39.9. The van der Waals surface area contributed by atoms with Crippen molar-refractivity contribution in [3.63, 3.8) is 0 Å². The maximum absolute atomic E-state index is 8.58. The Hall–Kier alpha value is -6.24. The van der Waals surface area contributed by atoms with Gasteiger partial charge in [0.1, 0.15) is 0 Å². The van der Waals surface area contributed by atoms with Crippen LogP contribution in [0.3, 0.4) is 0 Å². The number of benzene rings is 8. The highest BCUT2D eigenvalue weighted by atomic mass is 14.4. The van der Waals surface area contributed by atoms with Crippen molar-refractivity contribution in [1.82, 2.24) is 0 Å².